The maximum Gasteiger partial charge on any atom is 0.332 e. The van der Waals surface area contributed by atoms with Crippen LogP contribution >= 0.6 is 11.6 Å². The average Bonchev–Trinajstić information content (AvgIpc) is 3.27. The zero-order valence-electron chi connectivity index (χ0n) is 19.8. The quantitative estimate of drug-likeness (QED) is 0.420. The van der Waals surface area contributed by atoms with Gasteiger partial charge in [0.15, 0.2) is 11.2 Å². The van der Waals surface area contributed by atoms with E-state index in [-0.39, 0.29) is 5.91 Å². The fourth-order valence-corrected chi connectivity index (χ4v) is 4.61. The van der Waals surface area contributed by atoms with Crippen LogP contribution < -0.4 is 16.1 Å². The van der Waals surface area contributed by atoms with E-state index < -0.39 is 17.1 Å². The minimum absolute atomic E-state index is 0.166. The fraction of sp³-hybridized carbons (Fsp3) is 0.280. The molecule has 2 aromatic heterocycles. The maximum atomic E-state index is 13.2. The molecule has 1 aliphatic rings. The largest absolute Gasteiger partial charge is 0.339 e. The van der Waals surface area contributed by atoms with Crippen LogP contribution in [-0.2, 0) is 20.6 Å². The van der Waals surface area contributed by atoms with Gasteiger partial charge >= 0.3 is 5.69 Å². The first-order chi connectivity index (χ1) is 17.2. The summed E-state index contributed by atoms with van der Waals surface area (Å²) in [5.74, 6) is -0.00999. The van der Waals surface area contributed by atoms with Crippen LogP contribution in [0.5, 0.6) is 0 Å². The molecule has 9 nitrogen and oxygen atoms in total. The summed E-state index contributed by atoms with van der Waals surface area (Å²) < 4.78 is 17.5. The molecule has 1 aliphatic heterocycles. The molecule has 2 aromatic carbocycles. The monoisotopic (exact) mass is 510 g/mol. The lowest BCUT2D eigenvalue weighted by molar-refractivity contribution is 0.0746. The lowest BCUT2D eigenvalue weighted by atomic mass is 10.2. The van der Waals surface area contributed by atoms with Crippen LogP contribution in [-0.4, -0.2) is 55.7 Å². The standard InChI is InChI=1S/C25H24ClFN6O3/c1-29-21-20(23(35)30(2)25(29)36)33(15-16-3-7-18(26)8-4-16)24(28-21)32-13-11-31(12-14-32)22(34)17-5-9-19(27)10-6-17/h3-10H,11-15H2,1-2H3. The Morgan fingerprint density at radius 3 is 2.22 bits per heavy atom. The van der Waals surface area contributed by atoms with Crippen molar-refractivity contribution in [3.05, 3.63) is 91.3 Å². The summed E-state index contributed by atoms with van der Waals surface area (Å²) in [6.07, 6.45) is 0. The summed E-state index contributed by atoms with van der Waals surface area (Å²) in [7, 11) is 3.04. The lowest BCUT2D eigenvalue weighted by Crippen LogP contribution is -2.49. The van der Waals surface area contributed by atoms with E-state index in [0.29, 0.717) is 60.4 Å². The van der Waals surface area contributed by atoms with Crippen molar-refractivity contribution >= 4 is 34.6 Å². The second-order valence-corrected chi connectivity index (χ2v) is 9.22. The van der Waals surface area contributed by atoms with Crippen LogP contribution in [0.3, 0.4) is 0 Å². The van der Waals surface area contributed by atoms with Gasteiger partial charge in [-0.3, -0.25) is 23.3 Å². The first-order valence-electron chi connectivity index (χ1n) is 11.4. The molecular formula is C25H24ClFN6O3. The third kappa shape index (κ3) is 4.17. The molecule has 4 aromatic rings. The minimum Gasteiger partial charge on any atom is -0.339 e. The van der Waals surface area contributed by atoms with Crippen molar-refractivity contribution in [3.63, 3.8) is 0 Å². The summed E-state index contributed by atoms with van der Waals surface area (Å²) in [6.45, 7) is 2.16. The Morgan fingerprint density at radius 2 is 1.58 bits per heavy atom. The minimum atomic E-state index is -0.454. The Hall–Kier alpha value is -3.92. The summed E-state index contributed by atoms with van der Waals surface area (Å²) in [4.78, 5) is 47.0. The van der Waals surface area contributed by atoms with E-state index in [1.165, 1.54) is 35.9 Å². The molecule has 0 radical (unpaired) electrons. The molecular weight excluding hydrogens is 487 g/mol. The van der Waals surface area contributed by atoms with Crippen LogP contribution in [0, 0.1) is 5.82 Å². The Labute approximate surface area is 210 Å². The molecule has 1 fully saturated rings. The van der Waals surface area contributed by atoms with Gasteiger partial charge in [0, 0.05) is 50.9 Å². The highest BCUT2D eigenvalue weighted by atomic mass is 35.5. The number of aromatic nitrogens is 4. The number of benzene rings is 2. The van der Waals surface area contributed by atoms with Gasteiger partial charge in [-0.25, -0.2) is 9.18 Å². The van der Waals surface area contributed by atoms with Gasteiger partial charge in [-0.15, -0.1) is 0 Å². The molecule has 36 heavy (non-hydrogen) atoms. The van der Waals surface area contributed by atoms with Crippen molar-refractivity contribution in [2.24, 2.45) is 14.1 Å². The molecule has 0 aliphatic carbocycles. The third-order valence-corrected chi connectivity index (χ3v) is 6.77. The highest BCUT2D eigenvalue weighted by Gasteiger charge is 2.27. The topological polar surface area (TPSA) is 85.4 Å². The van der Waals surface area contributed by atoms with Gasteiger partial charge in [0.2, 0.25) is 5.95 Å². The lowest BCUT2D eigenvalue weighted by Gasteiger charge is -2.35. The number of aryl methyl sites for hydroxylation is 1. The number of hydrogen-bond acceptors (Lipinski definition) is 5. The third-order valence-electron chi connectivity index (χ3n) is 6.52. The molecule has 0 spiro atoms. The van der Waals surface area contributed by atoms with E-state index >= 15 is 0 Å². The Morgan fingerprint density at radius 1 is 0.944 bits per heavy atom. The Bertz CT molecular complexity index is 1570. The van der Waals surface area contributed by atoms with Gasteiger partial charge in [0.25, 0.3) is 11.5 Å². The van der Waals surface area contributed by atoms with E-state index in [2.05, 4.69) is 0 Å². The van der Waals surface area contributed by atoms with Crippen LogP contribution in [0.2, 0.25) is 5.02 Å². The molecule has 0 unspecified atom stereocenters. The first kappa shape index (κ1) is 23.8. The second-order valence-electron chi connectivity index (χ2n) is 8.79. The number of fused-ring (bicyclic) bond motifs is 1. The van der Waals surface area contributed by atoms with E-state index in [1.54, 1.807) is 24.1 Å². The highest BCUT2D eigenvalue weighted by molar-refractivity contribution is 6.30. The van der Waals surface area contributed by atoms with Gasteiger partial charge in [-0.2, -0.15) is 4.98 Å². The maximum absolute atomic E-state index is 13.2. The van der Waals surface area contributed by atoms with E-state index in [9.17, 15) is 18.8 Å². The SMILES string of the molecule is Cn1c(=O)c2c(nc(N3CCN(C(=O)c4ccc(F)cc4)CC3)n2Cc2ccc(Cl)cc2)n(C)c1=O. The molecule has 186 valence electrons. The van der Waals surface area contributed by atoms with Crippen molar-refractivity contribution in [3.8, 4) is 0 Å². The number of carbonyl (C=O) groups is 1. The molecule has 0 N–H and O–H groups in total. The Kier molecular flexibility index (Phi) is 6.13. The number of nitrogens with zero attached hydrogens (tertiary/aromatic N) is 6. The molecule has 0 saturated carbocycles. The number of carbonyl (C=O) groups excluding carboxylic acids is 1. The number of hydrogen-bond donors (Lipinski definition) is 0. The van der Waals surface area contributed by atoms with Crippen molar-refractivity contribution < 1.29 is 9.18 Å². The zero-order chi connectivity index (χ0) is 25.6. The number of halogens is 2. The van der Waals surface area contributed by atoms with Gasteiger partial charge in [-0.1, -0.05) is 23.7 Å². The predicted octanol–water partition coefficient (Wildman–Crippen LogP) is 2.24. The fourth-order valence-electron chi connectivity index (χ4n) is 4.48. The number of imidazole rings is 1. The smallest absolute Gasteiger partial charge is 0.332 e. The number of rotatable bonds is 4. The van der Waals surface area contributed by atoms with Crippen molar-refractivity contribution in [1.82, 2.24) is 23.6 Å². The van der Waals surface area contributed by atoms with E-state index in [4.69, 9.17) is 16.6 Å². The second kappa shape index (κ2) is 9.27. The molecule has 1 saturated heterocycles. The van der Waals surface area contributed by atoms with Crippen LogP contribution in [0.25, 0.3) is 11.2 Å². The van der Waals surface area contributed by atoms with Gasteiger partial charge in [0.05, 0.1) is 6.54 Å². The summed E-state index contributed by atoms with van der Waals surface area (Å²) in [6, 6.07) is 12.8. The molecule has 0 atom stereocenters. The van der Waals surface area contributed by atoms with Gasteiger partial charge < -0.3 is 9.80 Å². The Balaban J connectivity index is 1.50. The average molecular weight is 511 g/mol. The van der Waals surface area contributed by atoms with Crippen molar-refractivity contribution in [2.75, 3.05) is 31.1 Å². The molecule has 5 rings (SSSR count). The summed E-state index contributed by atoms with van der Waals surface area (Å²) in [5, 5.41) is 0.606. The number of anilines is 1. The van der Waals surface area contributed by atoms with Crippen LogP contribution in [0.4, 0.5) is 10.3 Å². The van der Waals surface area contributed by atoms with Gasteiger partial charge in [0.1, 0.15) is 5.82 Å². The van der Waals surface area contributed by atoms with Crippen LogP contribution in [0.1, 0.15) is 15.9 Å². The van der Waals surface area contributed by atoms with E-state index in [0.717, 1.165) is 10.1 Å². The highest BCUT2D eigenvalue weighted by Crippen LogP contribution is 2.23. The summed E-state index contributed by atoms with van der Waals surface area (Å²) >= 11 is 6.05. The van der Waals surface area contributed by atoms with Crippen molar-refractivity contribution in [1.29, 1.82) is 0 Å². The molecule has 0 bridgehead atoms. The van der Waals surface area contributed by atoms with Crippen molar-refractivity contribution in [2.45, 2.75) is 6.54 Å². The molecule has 3 heterocycles. The van der Waals surface area contributed by atoms with Gasteiger partial charge in [-0.05, 0) is 42.0 Å². The summed E-state index contributed by atoms with van der Waals surface area (Å²) in [5.41, 5.74) is 1.10. The normalized spacial score (nSPS) is 14.0. The predicted molar refractivity (Wildman–Crippen MR) is 135 cm³/mol. The molecule has 11 heteroatoms. The van der Waals surface area contributed by atoms with Crippen LogP contribution in [0.15, 0.2) is 58.1 Å². The first-order valence-corrected chi connectivity index (χ1v) is 11.8. The number of amides is 1. The zero-order valence-corrected chi connectivity index (χ0v) is 20.6. The number of piperazine rings is 1. The molecule has 1 amide bonds. The van der Waals surface area contributed by atoms with E-state index in [1.807, 2.05) is 21.6 Å².